The minimum Gasteiger partial charge on any atom is -0.360 e. The maximum absolute atomic E-state index is 5.97. The van der Waals surface area contributed by atoms with E-state index in [9.17, 15) is 0 Å². The maximum Gasteiger partial charge on any atom is 0.140 e. The number of hydrogen-bond acceptors (Lipinski definition) is 3. The van der Waals surface area contributed by atoms with Crippen molar-refractivity contribution in [3.05, 3.63) is 35.3 Å². The molecule has 2 heterocycles. The molecule has 2 aromatic rings. The van der Waals surface area contributed by atoms with Crippen molar-refractivity contribution in [1.82, 2.24) is 10.1 Å². The van der Waals surface area contributed by atoms with Crippen LogP contribution in [0.2, 0.25) is 5.15 Å². The quantitative estimate of drug-likeness (QED) is 0.730. The Bertz CT molecular complexity index is 491. The molecule has 0 N–H and O–H groups in total. The summed E-state index contributed by atoms with van der Waals surface area (Å²) in [5.74, 6) is 1.53. The van der Waals surface area contributed by atoms with Gasteiger partial charge in [-0.05, 0) is 25.0 Å². The summed E-state index contributed by atoms with van der Waals surface area (Å²) >= 11 is 5.97. The summed E-state index contributed by atoms with van der Waals surface area (Å²) in [4.78, 5) is 4.01. The fourth-order valence-corrected chi connectivity index (χ4v) is 1.77. The fraction of sp³-hybridized carbons (Fsp3) is 0.273. The molecule has 1 aliphatic carbocycles. The summed E-state index contributed by atoms with van der Waals surface area (Å²) in [6, 6.07) is 5.69. The van der Waals surface area contributed by atoms with Crippen molar-refractivity contribution in [3.63, 3.8) is 0 Å². The lowest BCUT2D eigenvalue weighted by atomic mass is 10.2. The van der Waals surface area contributed by atoms with Crippen molar-refractivity contribution in [2.45, 2.75) is 18.8 Å². The van der Waals surface area contributed by atoms with Crippen LogP contribution in [0.4, 0.5) is 0 Å². The Labute approximate surface area is 92.1 Å². The van der Waals surface area contributed by atoms with Crippen LogP contribution in [-0.2, 0) is 0 Å². The van der Waals surface area contributed by atoms with Gasteiger partial charge in [0.05, 0.1) is 0 Å². The monoisotopic (exact) mass is 220 g/mol. The largest absolute Gasteiger partial charge is 0.360 e. The predicted octanol–water partition coefficient (Wildman–Crippen LogP) is 3.27. The summed E-state index contributed by atoms with van der Waals surface area (Å²) in [6.07, 6.45) is 4.07. The molecule has 0 radical (unpaired) electrons. The molecule has 3 rings (SSSR count). The van der Waals surface area contributed by atoms with Gasteiger partial charge in [0.2, 0.25) is 0 Å². The van der Waals surface area contributed by atoms with E-state index in [1.807, 2.05) is 18.2 Å². The first-order valence-corrected chi connectivity index (χ1v) is 5.30. The average Bonchev–Trinajstić information content (AvgIpc) is 2.99. The number of pyridine rings is 1. The molecule has 15 heavy (non-hydrogen) atoms. The molecule has 1 saturated carbocycles. The minimum atomic E-state index is 0.466. The summed E-state index contributed by atoms with van der Waals surface area (Å²) in [7, 11) is 0. The zero-order valence-corrected chi connectivity index (χ0v) is 8.74. The van der Waals surface area contributed by atoms with Gasteiger partial charge in [0.1, 0.15) is 16.6 Å². The second kappa shape index (κ2) is 3.35. The molecule has 0 saturated heterocycles. The van der Waals surface area contributed by atoms with Gasteiger partial charge in [0.15, 0.2) is 0 Å². The van der Waals surface area contributed by atoms with Crippen LogP contribution in [-0.4, -0.2) is 10.1 Å². The Morgan fingerprint density at radius 2 is 2.27 bits per heavy atom. The highest BCUT2D eigenvalue weighted by Gasteiger charge is 2.28. The molecular formula is C11H9ClN2O. The van der Waals surface area contributed by atoms with Gasteiger partial charge in [-0.15, -0.1) is 0 Å². The lowest BCUT2D eigenvalue weighted by Crippen LogP contribution is -1.81. The molecule has 3 nitrogen and oxygen atoms in total. The van der Waals surface area contributed by atoms with Gasteiger partial charge in [-0.1, -0.05) is 16.8 Å². The van der Waals surface area contributed by atoms with E-state index in [0.717, 1.165) is 17.0 Å². The second-order valence-corrected chi connectivity index (χ2v) is 4.09. The number of aromatic nitrogens is 2. The summed E-state index contributed by atoms with van der Waals surface area (Å²) < 4.78 is 5.26. The summed E-state index contributed by atoms with van der Waals surface area (Å²) in [5.41, 5.74) is 1.60. The van der Waals surface area contributed by atoms with Crippen molar-refractivity contribution in [2.24, 2.45) is 0 Å². The molecular weight excluding hydrogens is 212 g/mol. The predicted molar refractivity (Wildman–Crippen MR) is 56.7 cm³/mol. The molecule has 0 aliphatic heterocycles. The highest BCUT2D eigenvalue weighted by atomic mass is 35.5. The third-order valence-corrected chi connectivity index (χ3v) is 2.84. The average molecular weight is 221 g/mol. The van der Waals surface area contributed by atoms with Crippen LogP contribution in [0.3, 0.4) is 0 Å². The highest BCUT2D eigenvalue weighted by Crippen LogP contribution is 2.41. The van der Waals surface area contributed by atoms with Gasteiger partial charge in [0, 0.05) is 23.7 Å². The Hall–Kier alpha value is -1.35. The molecule has 1 fully saturated rings. The van der Waals surface area contributed by atoms with Crippen molar-refractivity contribution >= 4 is 11.6 Å². The van der Waals surface area contributed by atoms with Gasteiger partial charge in [-0.2, -0.15) is 0 Å². The Kier molecular flexibility index (Phi) is 1.99. The van der Waals surface area contributed by atoms with E-state index < -0.39 is 0 Å². The third kappa shape index (κ3) is 1.63. The summed E-state index contributed by atoms with van der Waals surface area (Å²) in [6.45, 7) is 0. The smallest absolute Gasteiger partial charge is 0.140 e. The van der Waals surface area contributed by atoms with Crippen LogP contribution in [0.25, 0.3) is 11.3 Å². The molecule has 2 aromatic heterocycles. The Balaban J connectivity index is 2.01. The van der Waals surface area contributed by atoms with Crippen LogP contribution in [0.15, 0.2) is 28.9 Å². The maximum atomic E-state index is 5.97. The lowest BCUT2D eigenvalue weighted by Gasteiger charge is -1.95. The van der Waals surface area contributed by atoms with E-state index in [0.29, 0.717) is 11.1 Å². The standard InChI is InChI=1S/C11H9ClN2O/c12-11-8(2-1-5-13-11)9-6-10(15-14-9)7-3-4-7/h1-2,5-7H,3-4H2. The lowest BCUT2D eigenvalue weighted by molar-refractivity contribution is 0.386. The first kappa shape index (κ1) is 8.92. The molecule has 1 aliphatic rings. The van der Waals surface area contributed by atoms with E-state index in [-0.39, 0.29) is 0 Å². The third-order valence-electron chi connectivity index (χ3n) is 2.54. The highest BCUT2D eigenvalue weighted by molar-refractivity contribution is 6.31. The van der Waals surface area contributed by atoms with Gasteiger partial charge in [-0.3, -0.25) is 0 Å². The zero-order valence-electron chi connectivity index (χ0n) is 7.98. The van der Waals surface area contributed by atoms with Crippen LogP contribution < -0.4 is 0 Å². The molecule has 76 valence electrons. The SMILES string of the molecule is Clc1ncccc1-c1cc(C2CC2)on1. The van der Waals surface area contributed by atoms with Crippen molar-refractivity contribution in [3.8, 4) is 11.3 Å². The molecule has 0 atom stereocenters. The van der Waals surface area contributed by atoms with Crippen molar-refractivity contribution < 1.29 is 4.52 Å². The molecule has 4 heteroatoms. The normalized spacial score (nSPS) is 15.5. The van der Waals surface area contributed by atoms with E-state index in [1.54, 1.807) is 6.20 Å². The van der Waals surface area contributed by atoms with Gasteiger partial charge in [-0.25, -0.2) is 4.98 Å². The fourth-order valence-electron chi connectivity index (χ4n) is 1.55. The van der Waals surface area contributed by atoms with E-state index in [2.05, 4.69) is 10.1 Å². The molecule has 0 aromatic carbocycles. The van der Waals surface area contributed by atoms with Gasteiger partial charge < -0.3 is 4.52 Å². The van der Waals surface area contributed by atoms with Gasteiger partial charge >= 0.3 is 0 Å². The second-order valence-electron chi connectivity index (χ2n) is 3.73. The van der Waals surface area contributed by atoms with E-state index in [4.69, 9.17) is 16.1 Å². The molecule has 0 unspecified atom stereocenters. The number of nitrogens with zero attached hydrogens (tertiary/aromatic N) is 2. The topological polar surface area (TPSA) is 38.9 Å². The summed E-state index contributed by atoms with van der Waals surface area (Å²) in [5, 5.41) is 4.47. The van der Waals surface area contributed by atoms with Gasteiger partial charge in [0.25, 0.3) is 0 Å². The zero-order chi connectivity index (χ0) is 10.3. The first-order chi connectivity index (χ1) is 7.34. The number of halogens is 1. The molecule has 0 bridgehead atoms. The van der Waals surface area contributed by atoms with E-state index in [1.165, 1.54) is 12.8 Å². The van der Waals surface area contributed by atoms with E-state index >= 15 is 0 Å². The number of hydrogen-bond donors (Lipinski definition) is 0. The van der Waals surface area contributed by atoms with Crippen LogP contribution in [0, 0.1) is 0 Å². The number of rotatable bonds is 2. The van der Waals surface area contributed by atoms with Crippen LogP contribution >= 0.6 is 11.6 Å². The molecule has 0 spiro atoms. The Morgan fingerprint density at radius 1 is 1.40 bits per heavy atom. The molecule has 0 amide bonds. The van der Waals surface area contributed by atoms with Crippen molar-refractivity contribution in [2.75, 3.05) is 0 Å². The van der Waals surface area contributed by atoms with Crippen molar-refractivity contribution in [1.29, 1.82) is 0 Å². The van der Waals surface area contributed by atoms with Crippen LogP contribution in [0.5, 0.6) is 0 Å². The minimum absolute atomic E-state index is 0.466. The Morgan fingerprint density at radius 3 is 3.00 bits per heavy atom. The first-order valence-electron chi connectivity index (χ1n) is 4.92. The van der Waals surface area contributed by atoms with Crippen LogP contribution in [0.1, 0.15) is 24.5 Å².